The molecule has 0 unspecified atom stereocenters. The van der Waals surface area contributed by atoms with Crippen molar-refractivity contribution in [2.75, 3.05) is 11.9 Å². The Labute approximate surface area is 96.3 Å². The maximum atomic E-state index is 8.82. The number of anilines is 1. The monoisotopic (exact) mass is 212 g/mol. The lowest BCUT2D eigenvalue weighted by atomic mass is 10.0. The minimum atomic E-state index is 0.614. The Morgan fingerprint density at radius 3 is 2.81 bits per heavy atom. The molecule has 3 rings (SSSR count). The van der Waals surface area contributed by atoms with E-state index < -0.39 is 0 Å². The summed E-state index contributed by atoms with van der Waals surface area (Å²) in [6.45, 7) is 1.09. The summed E-state index contributed by atoms with van der Waals surface area (Å²) in [5, 5.41) is 12.3. The number of nitrogens with one attached hydrogen (secondary N) is 1. The maximum absolute atomic E-state index is 8.82. The van der Waals surface area contributed by atoms with Gasteiger partial charge < -0.3 is 5.32 Å². The topological polar surface area (TPSA) is 35.8 Å². The normalized spacial score (nSPS) is 21.2. The van der Waals surface area contributed by atoms with E-state index in [4.69, 9.17) is 5.26 Å². The highest BCUT2D eigenvalue weighted by atomic mass is 14.9. The molecule has 2 aliphatic rings. The summed E-state index contributed by atoms with van der Waals surface area (Å²) in [6, 6.07) is 9.94. The Bertz CT molecular complexity index is 436. The maximum Gasteiger partial charge on any atom is 0.0992 e. The van der Waals surface area contributed by atoms with Gasteiger partial charge in [0.15, 0.2) is 0 Å². The molecule has 0 saturated heterocycles. The number of hydrogen-bond acceptors (Lipinski definition) is 2. The average Bonchev–Trinajstić information content (AvgIpc) is 3.17. The summed E-state index contributed by atoms with van der Waals surface area (Å²) >= 11 is 0. The number of nitriles is 1. The SMILES string of the molecule is N#Cc1cccc(NCC2(C3CC3)CC2)c1. The molecule has 0 spiro atoms. The first-order chi connectivity index (χ1) is 7.82. The van der Waals surface area contributed by atoms with E-state index in [0.29, 0.717) is 5.41 Å². The van der Waals surface area contributed by atoms with Gasteiger partial charge in [0.1, 0.15) is 0 Å². The molecule has 0 amide bonds. The summed E-state index contributed by atoms with van der Waals surface area (Å²) in [5.74, 6) is 0.985. The zero-order chi connectivity index (χ0) is 11.0. The van der Waals surface area contributed by atoms with Crippen LogP contribution in [0, 0.1) is 22.7 Å². The van der Waals surface area contributed by atoms with Gasteiger partial charge in [-0.15, -0.1) is 0 Å². The molecule has 2 saturated carbocycles. The molecular formula is C14H16N2. The van der Waals surface area contributed by atoms with E-state index in [1.165, 1.54) is 25.7 Å². The number of nitrogens with zero attached hydrogens (tertiary/aromatic N) is 1. The van der Waals surface area contributed by atoms with E-state index in [1.54, 1.807) is 0 Å². The lowest BCUT2D eigenvalue weighted by Crippen LogP contribution is -2.17. The van der Waals surface area contributed by atoms with Crippen molar-refractivity contribution < 1.29 is 0 Å². The molecule has 2 nitrogen and oxygen atoms in total. The molecule has 2 fully saturated rings. The smallest absolute Gasteiger partial charge is 0.0992 e. The number of hydrogen-bond donors (Lipinski definition) is 1. The van der Waals surface area contributed by atoms with Crippen LogP contribution in [0.2, 0.25) is 0 Å². The standard InChI is InChI=1S/C14H16N2/c15-9-11-2-1-3-13(8-11)16-10-14(6-7-14)12-4-5-12/h1-3,8,12,16H,4-7,10H2. The lowest BCUT2D eigenvalue weighted by Gasteiger charge is -2.15. The first-order valence-corrected chi connectivity index (χ1v) is 6.06. The van der Waals surface area contributed by atoms with Crippen LogP contribution in [0.3, 0.4) is 0 Å². The third-order valence-corrected chi connectivity index (χ3v) is 3.97. The summed E-state index contributed by atoms with van der Waals surface area (Å²) in [5.41, 5.74) is 2.44. The third-order valence-electron chi connectivity index (χ3n) is 3.97. The van der Waals surface area contributed by atoms with Crippen LogP contribution in [-0.4, -0.2) is 6.54 Å². The summed E-state index contributed by atoms with van der Waals surface area (Å²) < 4.78 is 0. The summed E-state index contributed by atoms with van der Waals surface area (Å²) in [7, 11) is 0. The Kier molecular flexibility index (Phi) is 2.14. The quantitative estimate of drug-likeness (QED) is 0.832. The van der Waals surface area contributed by atoms with Gasteiger partial charge >= 0.3 is 0 Å². The fourth-order valence-electron chi connectivity index (χ4n) is 2.56. The molecule has 0 bridgehead atoms. The fraction of sp³-hybridized carbons (Fsp3) is 0.500. The second-order valence-corrected chi connectivity index (χ2v) is 5.18. The molecule has 16 heavy (non-hydrogen) atoms. The molecule has 1 aromatic carbocycles. The Hall–Kier alpha value is -1.49. The molecule has 1 N–H and O–H groups in total. The van der Waals surface area contributed by atoms with E-state index in [-0.39, 0.29) is 0 Å². The predicted molar refractivity (Wildman–Crippen MR) is 64.0 cm³/mol. The number of benzene rings is 1. The summed E-state index contributed by atoms with van der Waals surface area (Å²) in [4.78, 5) is 0. The second kappa shape index (κ2) is 3.52. The van der Waals surface area contributed by atoms with Crippen LogP contribution in [-0.2, 0) is 0 Å². The van der Waals surface area contributed by atoms with Crippen molar-refractivity contribution in [2.24, 2.45) is 11.3 Å². The van der Waals surface area contributed by atoms with Gasteiger partial charge in [-0.1, -0.05) is 6.07 Å². The van der Waals surface area contributed by atoms with Gasteiger partial charge in [-0.3, -0.25) is 0 Å². The molecule has 82 valence electrons. The van der Waals surface area contributed by atoms with Gasteiger partial charge in [0.2, 0.25) is 0 Å². The highest BCUT2D eigenvalue weighted by Crippen LogP contribution is 2.61. The second-order valence-electron chi connectivity index (χ2n) is 5.18. The minimum Gasteiger partial charge on any atom is -0.384 e. The highest BCUT2D eigenvalue weighted by molar-refractivity contribution is 5.49. The Morgan fingerprint density at radius 1 is 1.38 bits per heavy atom. The largest absolute Gasteiger partial charge is 0.384 e. The lowest BCUT2D eigenvalue weighted by molar-refractivity contribution is 0.467. The van der Waals surface area contributed by atoms with Crippen molar-refractivity contribution in [3.05, 3.63) is 29.8 Å². The average molecular weight is 212 g/mol. The molecule has 0 aromatic heterocycles. The number of rotatable bonds is 4. The van der Waals surface area contributed by atoms with Gasteiger partial charge in [0, 0.05) is 12.2 Å². The van der Waals surface area contributed by atoms with Gasteiger partial charge in [0.05, 0.1) is 11.6 Å². The van der Waals surface area contributed by atoms with Crippen LogP contribution in [0.4, 0.5) is 5.69 Å². The third kappa shape index (κ3) is 1.78. The van der Waals surface area contributed by atoms with E-state index in [9.17, 15) is 0 Å². The van der Waals surface area contributed by atoms with Gasteiger partial charge in [-0.05, 0) is 55.2 Å². The van der Waals surface area contributed by atoms with Crippen molar-refractivity contribution in [2.45, 2.75) is 25.7 Å². The van der Waals surface area contributed by atoms with Crippen LogP contribution in [0.25, 0.3) is 0 Å². The van der Waals surface area contributed by atoms with Crippen molar-refractivity contribution in [1.82, 2.24) is 0 Å². The minimum absolute atomic E-state index is 0.614. The van der Waals surface area contributed by atoms with Crippen LogP contribution in [0.1, 0.15) is 31.2 Å². The van der Waals surface area contributed by atoms with Crippen LogP contribution < -0.4 is 5.32 Å². The molecular weight excluding hydrogens is 196 g/mol. The zero-order valence-electron chi connectivity index (χ0n) is 9.37. The van der Waals surface area contributed by atoms with Crippen molar-refractivity contribution in [3.63, 3.8) is 0 Å². The van der Waals surface area contributed by atoms with Gasteiger partial charge in [0.25, 0.3) is 0 Å². The highest BCUT2D eigenvalue weighted by Gasteiger charge is 2.53. The predicted octanol–water partition coefficient (Wildman–Crippen LogP) is 3.16. The molecule has 0 radical (unpaired) electrons. The molecule has 0 atom stereocenters. The first-order valence-electron chi connectivity index (χ1n) is 6.06. The Balaban J connectivity index is 1.64. The van der Waals surface area contributed by atoms with E-state index >= 15 is 0 Å². The van der Waals surface area contributed by atoms with Crippen molar-refractivity contribution in [3.8, 4) is 6.07 Å². The van der Waals surface area contributed by atoms with Crippen LogP contribution in [0.15, 0.2) is 24.3 Å². The molecule has 1 aromatic rings. The van der Waals surface area contributed by atoms with Gasteiger partial charge in [-0.2, -0.15) is 5.26 Å². The molecule has 2 aliphatic carbocycles. The van der Waals surface area contributed by atoms with Crippen LogP contribution >= 0.6 is 0 Å². The van der Waals surface area contributed by atoms with E-state index in [1.807, 2.05) is 24.3 Å². The molecule has 0 aliphatic heterocycles. The van der Waals surface area contributed by atoms with E-state index in [2.05, 4.69) is 11.4 Å². The van der Waals surface area contributed by atoms with Crippen molar-refractivity contribution in [1.29, 1.82) is 5.26 Å². The molecule has 2 heteroatoms. The zero-order valence-corrected chi connectivity index (χ0v) is 9.37. The summed E-state index contributed by atoms with van der Waals surface area (Å²) in [6.07, 6.45) is 5.64. The van der Waals surface area contributed by atoms with E-state index in [0.717, 1.165) is 23.7 Å². The molecule has 0 heterocycles. The van der Waals surface area contributed by atoms with Crippen molar-refractivity contribution >= 4 is 5.69 Å². The first kappa shape index (κ1) is 9.72. The van der Waals surface area contributed by atoms with Gasteiger partial charge in [-0.25, -0.2) is 0 Å². The Morgan fingerprint density at radius 2 is 2.19 bits per heavy atom. The fourth-order valence-corrected chi connectivity index (χ4v) is 2.56. The van der Waals surface area contributed by atoms with Crippen LogP contribution in [0.5, 0.6) is 0 Å².